The van der Waals surface area contributed by atoms with Gasteiger partial charge in [0.05, 0.1) is 11.3 Å². The van der Waals surface area contributed by atoms with Gasteiger partial charge in [-0.3, -0.25) is 4.98 Å². The highest BCUT2D eigenvalue weighted by Crippen LogP contribution is 2.38. The first-order chi connectivity index (χ1) is 17.7. The highest BCUT2D eigenvalue weighted by molar-refractivity contribution is 8.00. The summed E-state index contributed by atoms with van der Waals surface area (Å²) in [5.74, 6) is 1.10. The van der Waals surface area contributed by atoms with E-state index in [1.807, 2.05) is 48.5 Å². The van der Waals surface area contributed by atoms with Crippen LogP contribution in [-0.2, 0) is 6.54 Å². The number of aromatic nitrogens is 3. The fourth-order valence-electron chi connectivity index (χ4n) is 3.60. The Labute approximate surface area is 216 Å². The molecule has 0 spiro atoms. The smallest absolute Gasteiger partial charge is 0.212 e. The lowest BCUT2D eigenvalue weighted by Crippen LogP contribution is -1.99. The molecule has 36 heavy (non-hydrogen) atoms. The second kappa shape index (κ2) is 11.0. The van der Waals surface area contributed by atoms with E-state index in [0.29, 0.717) is 28.7 Å². The Morgan fingerprint density at radius 2 is 1.78 bits per heavy atom. The zero-order valence-corrected chi connectivity index (χ0v) is 20.6. The van der Waals surface area contributed by atoms with Crippen molar-refractivity contribution in [3.63, 3.8) is 0 Å². The summed E-state index contributed by atoms with van der Waals surface area (Å²) in [6.07, 6.45) is 3.24. The number of nitrogens with zero attached hydrogens (tertiary/aromatic N) is 4. The van der Waals surface area contributed by atoms with Crippen molar-refractivity contribution in [3.05, 3.63) is 103 Å². The van der Waals surface area contributed by atoms with E-state index in [4.69, 9.17) is 10.5 Å². The summed E-state index contributed by atoms with van der Waals surface area (Å²) in [4.78, 5) is 9.28. The lowest BCUT2D eigenvalue weighted by molar-refractivity contribution is 0.482. The lowest BCUT2D eigenvalue weighted by atomic mass is 9.98. The molecule has 0 radical (unpaired) electrons. The van der Waals surface area contributed by atoms with Crippen LogP contribution in [0.25, 0.3) is 22.3 Å². The van der Waals surface area contributed by atoms with Crippen molar-refractivity contribution < 1.29 is 4.74 Å². The van der Waals surface area contributed by atoms with Crippen LogP contribution < -0.4 is 15.2 Å². The van der Waals surface area contributed by atoms with Crippen LogP contribution in [0.3, 0.4) is 0 Å². The Hall–Kier alpha value is -4.23. The molecule has 0 aliphatic rings. The van der Waals surface area contributed by atoms with Crippen LogP contribution in [0.2, 0.25) is 0 Å². The van der Waals surface area contributed by atoms with E-state index in [1.54, 1.807) is 18.3 Å². The number of pyridine rings is 1. The minimum atomic E-state index is 0.338. The summed E-state index contributed by atoms with van der Waals surface area (Å²) >= 11 is 2.62. The van der Waals surface area contributed by atoms with E-state index in [-0.39, 0.29) is 0 Å². The number of nitrogens with two attached hydrogens (primary N) is 1. The number of hydrogen-bond donors (Lipinski definition) is 2. The molecule has 176 valence electrons. The Kier molecular flexibility index (Phi) is 7.19. The van der Waals surface area contributed by atoms with E-state index in [2.05, 4.69) is 43.3 Å². The second-order valence-corrected chi connectivity index (χ2v) is 9.30. The van der Waals surface area contributed by atoms with Gasteiger partial charge in [0.1, 0.15) is 23.9 Å². The Morgan fingerprint density at radius 1 is 0.917 bits per heavy atom. The third kappa shape index (κ3) is 5.37. The molecule has 5 rings (SSSR count). The number of hydrogen-bond acceptors (Lipinski definition) is 9. The topological polar surface area (TPSA) is 110 Å². The summed E-state index contributed by atoms with van der Waals surface area (Å²) in [5, 5.41) is 10.5. The fraction of sp³-hybridized carbons (Fsp3) is 0.0370. The summed E-state index contributed by atoms with van der Waals surface area (Å²) < 4.78 is 13.4. The highest BCUT2D eigenvalue weighted by atomic mass is 32.2. The van der Waals surface area contributed by atoms with Crippen molar-refractivity contribution in [2.45, 2.75) is 11.4 Å². The average Bonchev–Trinajstić information content (AvgIpc) is 3.47. The summed E-state index contributed by atoms with van der Waals surface area (Å²) in [7, 11) is 0. The summed E-state index contributed by atoms with van der Waals surface area (Å²) in [6.45, 7) is 0.338. The van der Waals surface area contributed by atoms with Gasteiger partial charge in [-0.2, -0.15) is 9.64 Å². The minimum absolute atomic E-state index is 0.338. The molecule has 0 fully saturated rings. The second-order valence-electron chi connectivity index (χ2n) is 7.64. The molecule has 0 unspecified atom stereocenters. The molecular weight excluding hydrogens is 488 g/mol. The van der Waals surface area contributed by atoms with E-state index >= 15 is 0 Å². The van der Waals surface area contributed by atoms with Gasteiger partial charge in [-0.25, -0.2) is 4.98 Å². The van der Waals surface area contributed by atoms with E-state index in [1.165, 1.54) is 29.8 Å². The van der Waals surface area contributed by atoms with Crippen molar-refractivity contribution in [2.75, 3.05) is 4.72 Å². The predicted molar refractivity (Wildman–Crippen MR) is 144 cm³/mol. The molecule has 0 aliphatic heterocycles. The highest BCUT2D eigenvalue weighted by Gasteiger charge is 2.14. The van der Waals surface area contributed by atoms with Crippen molar-refractivity contribution in [3.8, 4) is 39.8 Å². The monoisotopic (exact) mass is 508 g/mol. The maximum absolute atomic E-state index is 9.82. The molecule has 0 saturated heterocycles. The molecule has 7 nitrogen and oxygen atoms in total. The molecule has 3 aromatic carbocycles. The van der Waals surface area contributed by atoms with Crippen LogP contribution in [0.4, 0.5) is 5.13 Å². The SMILES string of the molecule is N#Cc1cc(SNc2ncns2)ccc1Oc1ccc(-c2ccccc2)cc1-c1ccnc(CN)c1. The van der Waals surface area contributed by atoms with Gasteiger partial charge in [-0.15, -0.1) is 0 Å². The van der Waals surface area contributed by atoms with Crippen LogP contribution in [0, 0.1) is 11.3 Å². The normalized spacial score (nSPS) is 10.6. The molecular formula is C27H20N6OS2. The number of nitriles is 1. The van der Waals surface area contributed by atoms with Gasteiger partial charge in [0.2, 0.25) is 5.13 Å². The predicted octanol–water partition coefficient (Wildman–Crippen LogP) is 6.51. The Bertz CT molecular complexity index is 1520. The van der Waals surface area contributed by atoms with Crippen molar-refractivity contribution >= 4 is 28.6 Å². The van der Waals surface area contributed by atoms with Gasteiger partial charge in [0.15, 0.2) is 0 Å². The molecule has 3 N–H and O–H groups in total. The zero-order valence-electron chi connectivity index (χ0n) is 19.0. The first-order valence-corrected chi connectivity index (χ1v) is 12.6. The summed E-state index contributed by atoms with van der Waals surface area (Å²) in [5.41, 5.74) is 11.0. The van der Waals surface area contributed by atoms with Gasteiger partial charge in [-0.05, 0) is 71.1 Å². The van der Waals surface area contributed by atoms with Crippen LogP contribution in [-0.4, -0.2) is 14.3 Å². The third-order valence-electron chi connectivity index (χ3n) is 5.33. The molecule has 0 bridgehead atoms. The van der Waals surface area contributed by atoms with Gasteiger partial charge in [0, 0.05) is 34.7 Å². The average molecular weight is 509 g/mol. The molecule has 0 amide bonds. The standard InChI is InChI=1S/C27H20N6OS2/c28-15-21-13-23(35-33-27-31-17-32-36-27)7-9-25(21)34-26-8-6-19(18-4-2-1-3-5-18)14-24(26)20-10-11-30-22(12-20)16-29/h1-14,17H,16,29H2,(H,31,32,33). The Morgan fingerprint density at radius 3 is 2.56 bits per heavy atom. The van der Waals surface area contributed by atoms with E-state index < -0.39 is 0 Å². The quantitative estimate of drug-likeness (QED) is 0.228. The largest absolute Gasteiger partial charge is 0.455 e. The minimum Gasteiger partial charge on any atom is -0.455 e. The maximum atomic E-state index is 9.82. The van der Waals surface area contributed by atoms with Crippen LogP contribution in [0.5, 0.6) is 11.5 Å². The van der Waals surface area contributed by atoms with Crippen molar-refractivity contribution in [1.82, 2.24) is 14.3 Å². The molecule has 2 heterocycles. The lowest BCUT2D eigenvalue weighted by Gasteiger charge is -2.15. The molecule has 5 aromatic rings. The zero-order chi connectivity index (χ0) is 24.7. The third-order valence-corrected chi connectivity index (χ3v) is 6.83. The Balaban J connectivity index is 1.49. The van der Waals surface area contributed by atoms with Crippen LogP contribution in [0.1, 0.15) is 11.3 Å². The molecule has 0 atom stereocenters. The van der Waals surface area contributed by atoms with Gasteiger partial charge < -0.3 is 15.2 Å². The maximum Gasteiger partial charge on any atom is 0.212 e. The molecule has 0 aliphatic carbocycles. The molecule has 2 aromatic heterocycles. The van der Waals surface area contributed by atoms with E-state index in [9.17, 15) is 5.26 Å². The number of ether oxygens (including phenoxy) is 1. The summed E-state index contributed by atoms with van der Waals surface area (Å²) in [6, 6.07) is 27.8. The number of rotatable bonds is 8. The van der Waals surface area contributed by atoms with Crippen LogP contribution >= 0.6 is 23.5 Å². The molecule has 9 heteroatoms. The van der Waals surface area contributed by atoms with Gasteiger partial charge in [0.25, 0.3) is 0 Å². The number of anilines is 1. The van der Waals surface area contributed by atoms with Gasteiger partial charge in [-0.1, -0.05) is 36.4 Å². The van der Waals surface area contributed by atoms with Gasteiger partial charge >= 0.3 is 0 Å². The molecule has 0 saturated carbocycles. The van der Waals surface area contributed by atoms with Crippen molar-refractivity contribution in [2.24, 2.45) is 5.73 Å². The number of benzene rings is 3. The number of nitrogens with one attached hydrogen (secondary N) is 1. The van der Waals surface area contributed by atoms with E-state index in [0.717, 1.165) is 32.8 Å². The fourth-order valence-corrected chi connectivity index (χ4v) is 4.73. The van der Waals surface area contributed by atoms with Crippen molar-refractivity contribution in [1.29, 1.82) is 5.26 Å². The van der Waals surface area contributed by atoms with Crippen LogP contribution in [0.15, 0.2) is 96.3 Å². The first-order valence-electron chi connectivity index (χ1n) is 11.0. The first kappa shape index (κ1) is 23.5.